The zero-order chi connectivity index (χ0) is 14.6. The molecule has 0 heterocycles. The normalized spacial score (nSPS) is 12.6. The minimum atomic E-state index is -2.40. The van der Waals surface area contributed by atoms with Gasteiger partial charge in [-0.1, -0.05) is 36.4 Å². The first-order valence-corrected chi connectivity index (χ1v) is 5.58. The molecule has 0 amide bonds. The van der Waals surface area contributed by atoms with Crippen molar-refractivity contribution in [3.05, 3.63) is 59.7 Å². The summed E-state index contributed by atoms with van der Waals surface area (Å²) in [6, 6.07) is 14.2. The summed E-state index contributed by atoms with van der Waals surface area (Å²) in [5, 5.41) is 9.34. The van der Waals surface area contributed by atoms with Crippen molar-refractivity contribution in [3.8, 4) is 11.5 Å². The molecule has 0 aliphatic rings. The van der Waals surface area contributed by atoms with Crippen LogP contribution in [0.25, 0.3) is 0 Å². The van der Waals surface area contributed by atoms with Crippen LogP contribution in [-0.4, -0.2) is 12.2 Å². The average Bonchev–Trinajstić information content (AvgIpc) is 2.45. The number of rotatable bonds is 5. The van der Waals surface area contributed by atoms with Gasteiger partial charge in [0.25, 0.3) is 0 Å². The molecule has 0 spiro atoms. The van der Waals surface area contributed by atoms with E-state index in [-0.39, 0.29) is 5.56 Å². The second-order valence-electron chi connectivity index (χ2n) is 3.75. The molecular formula is C15H16O3. The highest BCUT2D eigenvalue weighted by atomic mass is 16.5. The molecular weight excluding hydrogens is 228 g/mol. The number of hydrogen-bond acceptors (Lipinski definition) is 3. The maximum atomic E-state index is 9.34. The fourth-order valence-corrected chi connectivity index (χ4v) is 1.59. The van der Waals surface area contributed by atoms with Crippen molar-refractivity contribution in [3.63, 3.8) is 0 Å². The minimum absolute atomic E-state index is 0.126. The first-order valence-electron chi connectivity index (χ1n) is 6.58. The lowest BCUT2D eigenvalue weighted by Gasteiger charge is -2.11. The number of aliphatic hydroxyl groups is 1. The van der Waals surface area contributed by atoms with Gasteiger partial charge in [-0.2, -0.15) is 0 Å². The fraction of sp³-hybridized carbons (Fsp3) is 0.200. The lowest BCUT2D eigenvalue weighted by molar-refractivity contribution is 0.274. The van der Waals surface area contributed by atoms with Crippen LogP contribution in [0, 0.1) is 0 Å². The molecule has 3 heteroatoms. The SMILES string of the molecule is [2H]C([2H])(O)c1ccc(OCc2ccccc2)c(OC)c1. The number of hydrogen-bond donors (Lipinski definition) is 1. The van der Waals surface area contributed by atoms with E-state index in [9.17, 15) is 5.11 Å². The Morgan fingerprint density at radius 3 is 2.50 bits per heavy atom. The topological polar surface area (TPSA) is 38.7 Å². The summed E-state index contributed by atoms with van der Waals surface area (Å²) in [4.78, 5) is 0. The molecule has 94 valence electrons. The summed E-state index contributed by atoms with van der Waals surface area (Å²) < 4.78 is 25.4. The van der Waals surface area contributed by atoms with Crippen molar-refractivity contribution < 1.29 is 17.3 Å². The van der Waals surface area contributed by atoms with Gasteiger partial charge in [-0.3, -0.25) is 0 Å². The summed E-state index contributed by atoms with van der Waals surface area (Å²) in [5.74, 6) is 0.890. The van der Waals surface area contributed by atoms with E-state index in [0.717, 1.165) is 5.56 Å². The molecule has 0 atom stereocenters. The number of methoxy groups -OCH3 is 1. The van der Waals surface area contributed by atoms with Crippen LogP contribution < -0.4 is 9.47 Å². The minimum Gasteiger partial charge on any atom is -0.493 e. The molecule has 3 nitrogen and oxygen atoms in total. The van der Waals surface area contributed by atoms with Gasteiger partial charge in [0, 0.05) is 0 Å². The van der Waals surface area contributed by atoms with Crippen LogP contribution in [0.3, 0.4) is 0 Å². The molecule has 0 radical (unpaired) electrons. The van der Waals surface area contributed by atoms with Crippen LogP contribution in [-0.2, 0) is 13.2 Å². The van der Waals surface area contributed by atoms with E-state index in [1.54, 1.807) is 6.07 Å². The molecule has 0 aliphatic heterocycles. The van der Waals surface area contributed by atoms with Gasteiger partial charge in [0.15, 0.2) is 11.5 Å². The van der Waals surface area contributed by atoms with Crippen LogP contribution in [0.15, 0.2) is 48.5 Å². The van der Waals surface area contributed by atoms with Gasteiger partial charge >= 0.3 is 0 Å². The summed E-state index contributed by atoms with van der Waals surface area (Å²) in [6.07, 6.45) is 0. The van der Waals surface area contributed by atoms with Gasteiger partial charge in [-0.25, -0.2) is 0 Å². The van der Waals surface area contributed by atoms with E-state index in [4.69, 9.17) is 12.2 Å². The van der Waals surface area contributed by atoms with E-state index in [0.29, 0.717) is 18.1 Å². The van der Waals surface area contributed by atoms with Crippen LogP contribution in [0.4, 0.5) is 0 Å². The van der Waals surface area contributed by atoms with Crippen LogP contribution >= 0.6 is 0 Å². The molecule has 1 N–H and O–H groups in total. The smallest absolute Gasteiger partial charge is 0.161 e. The van der Waals surface area contributed by atoms with E-state index in [1.807, 2.05) is 30.3 Å². The average molecular weight is 246 g/mol. The largest absolute Gasteiger partial charge is 0.493 e. The first kappa shape index (κ1) is 9.97. The molecule has 0 unspecified atom stereocenters. The van der Waals surface area contributed by atoms with Crippen molar-refractivity contribution in [2.45, 2.75) is 13.2 Å². The summed E-state index contributed by atoms with van der Waals surface area (Å²) >= 11 is 0. The maximum Gasteiger partial charge on any atom is 0.161 e. The molecule has 0 saturated carbocycles. The Morgan fingerprint density at radius 1 is 1.06 bits per heavy atom. The Morgan fingerprint density at radius 2 is 1.83 bits per heavy atom. The zero-order valence-electron chi connectivity index (χ0n) is 12.1. The molecule has 0 saturated heterocycles. The lowest BCUT2D eigenvalue weighted by Crippen LogP contribution is -1.98. The number of ether oxygens (including phenoxy) is 2. The van der Waals surface area contributed by atoms with Gasteiger partial charge in [-0.15, -0.1) is 0 Å². The third-order valence-electron chi connectivity index (χ3n) is 2.53. The lowest BCUT2D eigenvalue weighted by atomic mass is 10.2. The van der Waals surface area contributed by atoms with E-state index >= 15 is 0 Å². The fourth-order valence-electron chi connectivity index (χ4n) is 1.59. The van der Waals surface area contributed by atoms with Crippen LogP contribution in [0.1, 0.15) is 13.9 Å². The molecule has 0 fully saturated rings. The zero-order valence-corrected chi connectivity index (χ0v) is 10.1. The summed E-state index contributed by atoms with van der Waals surface area (Å²) in [6.45, 7) is -2.01. The highest BCUT2D eigenvalue weighted by Crippen LogP contribution is 2.28. The van der Waals surface area contributed by atoms with Gasteiger partial charge in [-0.05, 0) is 23.3 Å². The standard InChI is InChI=1S/C15H16O3/c1-17-15-9-13(10-16)7-8-14(15)18-11-12-5-3-2-4-6-12/h2-9,16H,10-11H2,1H3/i10D2. The molecule has 2 rings (SSSR count). The molecule has 0 aliphatic carbocycles. The van der Waals surface area contributed by atoms with Crippen LogP contribution in [0.5, 0.6) is 11.5 Å². The van der Waals surface area contributed by atoms with Gasteiger partial charge in [0.1, 0.15) is 6.61 Å². The van der Waals surface area contributed by atoms with E-state index in [1.165, 1.54) is 19.2 Å². The van der Waals surface area contributed by atoms with Crippen molar-refractivity contribution in [1.82, 2.24) is 0 Å². The van der Waals surface area contributed by atoms with Crippen molar-refractivity contribution >= 4 is 0 Å². The van der Waals surface area contributed by atoms with E-state index in [2.05, 4.69) is 0 Å². The van der Waals surface area contributed by atoms with Crippen molar-refractivity contribution in [1.29, 1.82) is 0 Å². The molecule has 2 aromatic carbocycles. The van der Waals surface area contributed by atoms with Gasteiger partial charge in [0.05, 0.1) is 16.4 Å². The molecule has 2 aromatic rings. The highest BCUT2D eigenvalue weighted by molar-refractivity contribution is 5.42. The predicted octanol–water partition coefficient (Wildman–Crippen LogP) is 2.77. The van der Waals surface area contributed by atoms with E-state index < -0.39 is 6.56 Å². The van der Waals surface area contributed by atoms with Gasteiger partial charge in [0.2, 0.25) is 0 Å². The van der Waals surface area contributed by atoms with Crippen molar-refractivity contribution in [2.75, 3.05) is 7.11 Å². The Labute approximate surface area is 109 Å². The summed E-state index contributed by atoms with van der Waals surface area (Å²) in [5.41, 5.74) is 1.15. The Balaban J connectivity index is 2.16. The monoisotopic (exact) mass is 246 g/mol. The highest BCUT2D eigenvalue weighted by Gasteiger charge is 2.05. The van der Waals surface area contributed by atoms with Gasteiger partial charge < -0.3 is 14.6 Å². The second-order valence-corrected chi connectivity index (χ2v) is 3.75. The summed E-state index contributed by atoms with van der Waals surface area (Å²) in [7, 11) is 1.47. The number of benzene rings is 2. The Kier molecular flexibility index (Phi) is 3.37. The van der Waals surface area contributed by atoms with Crippen molar-refractivity contribution in [2.24, 2.45) is 0 Å². The second kappa shape index (κ2) is 6.07. The molecule has 0 bridgehead atoms. The Bertz CT molecular complexity index is 565. The molecule has 18 heavy (non-hydrogen) atoms. The quantitative estimate of drug-likeness (QED) is 0.881. The van der Waals surface area contributed by atoms with Crippen LogP contribution in [0.2, 0.25) is 0 Å². The maximum absolute atomic E-state index is 9.34. The third-order valence-corrected chi connectivity index (χ3v) is 2.53. The molecule has 0 aromatic heterocycles. The Hall–Kier alpha value is -2.00. The first-order chi connectivity index (χ1) is 9.50. The predicted molar refractivity (Wildman–Crippen MR) is 69.7 cm³/mol. The third kappa shape index (κ3) is 3.02.